The van der Waals surface area contributed by atoms with Crippen molar-refractivity contribution < 1.29 is 9.90 Å². The molecular weight excluding hydrogens is 328 g/mol. The first kappa shape index (κ1) is 18.0. The minimum absolute atomic E-state index is 0.165. The van der Waals surface area contributed by atoms with Crippen molar-refractivity contribution in [1.82, 2.24) is 20.0 Å². The molecule has 1 aliphatic carbocycles. The quantitative estimate of drug-likeness (QED) is 0.863. The Balaban J connectivity index is 1.40. The number of aromatic amines is 1. The number of nitrogens with one attached hydrogen (secondary N) is 1. The lowest BCUT2D eigenvalue weighted by Crippen LogP contribution is -2.59. The fourth-order valence-corrected chi connectivity index (χ4v) is 5.35. The smallest absolute Gasteiger partial charge is 0.222 e. The standard InChI is InChI=1S/C20H32N4O2/c25-18-7-11-23(13-17-6-9-21-22-17)14-20(18)8-3-10-24(15-20)19(26)12-16-4-1-2-5-16/h6,9,16,18,25H,1-5,7-8,10-15H2,(H,21,22)/t18-,20-/m1/s1. The summed E-state index contributed by atoms with van der Waals surface area (Å²) in [4.78, 5) is 17.3. The van der Waals surface area contributed by atoms with Gasteiger partial charge in [-0.2, -0.15) is 5.10 Å². The van der Waals surface area contributed by atoms with E-state index in [0.29, 0.717) is 18.2 Å². The predicted octanol–water partition coefficient (Wildman–Crippen LogP) is 2.17. The number of aliphatic hydroxyl groups is 1. The Morgan fingerprint density at radius 3 is 2.85 bits per heavy atom. The summed E-state index contributed by atoms with van der Waals surface area (Å²) in [5.41, 5.74) is 0.948. The molecule has 3 fully saturated rings. The first-order valence-corrected chi connectivity index (χ1v) is 10.3. The van der Waals surface area contributed by atoms with Crippen molar-refractivity contribution >= 4 is 5.91 Å². The van der Waals surface area contributed by atoms with Crippen molar-refractivity contribution in [2.75, 3.05) is 26.2 Å². The summed E-state index contributed by atoms with van der Waals surface area (Å²) in [7, 11) is 0. The number of carbonyl (C=O) groups excluding carboxylic acids is 1. The number of rotatable bonds is 4. The number of hydrogen-bond donors (Lipinski definition) is 2. The van der Waals surface area contributed by atoms with E-state index < -0.39 is 0 Å². The molecule has 0 radical (unpaired) electrons. The van der Waals surface area contributed by atoms with Crippen molar-refractivity contribution in [3.63, 3.8) is 0 Å². The van der Waals surface area contributed by atoms with Gasteiger partial charge in [-0.25, -0.2) is 0 Å². The van der Waals surface area contributed by atoms with Crippen molar-refractivity contribution in [3.05, 3.63) is 18.0 Å². The number of H-pyrrole nitrogens is 1. The lowest BCUT2D eigenvalue weighted by Gasteiger charge is -2.51. The average Bonchev–Trinajstić information content (AvgIpc) is 3.33. The maximum atomic E-state index is 12.8. The summed E-state index contributed by atoms with van der Waals surface area (Å²) in [5.74, 6) is 0.905. The minimum Gasteiger partial charge on any atom is -0.392 e. The van der Waals surface area contributed by atoms with Crippen LogP contribution in [-0.4, -0.2) is 63.3 Å². The molecule has 26 heavy (non-hydrogen) atoms. The molecule has 1 spiro atoms. The van der Waals surface area contributed by atoms with Gasteiger partial charge in [-0.1, -0.05) is 12.8 Å². The third kappa shape index (κ3) is 3.81. The zero-order valence-electron chi connectivity index (χ0n) is 15.7. The highest BCUT2D eigenvalue weighted by Gasteiger charge is 2.46. The molecule has 3 aliphatic rings. The second kappa shape index (κ2) is 7.69. The van der Waals surface area contributed by atoms with Crippen LogP contribution in [0.25, 0.3) is 0 Å². The van der Waals surface area contributed by atoms with Crippen molar-refractivity contribution in [2.24, 2.45) is 11.3 Å². The summed E-state index contributed by atoms with van der Waals surface area (Å²) in [6, 6.07) is 2.01. The molecule has 2 atom stereocenters. The van der Waals surface area contributed by atoms with Gasteiger partial charge in [0.1, 0.15) is 0 Å². The van der Waals surface area contributed by atoms with Crippen LogP contribution >= 0.6 is 0 Å². The number of hydrogen-bond acceptors (Lipinski definition) is 4. The molecule has 0 aromatic carbocycles. The Labute approximate surface area is 155 Å². The normalized spacial score (nSPS) is 31.0. The Morgan fingerprint density at radius 2 is 2.08 bits per heavy atom. The third-order valence-electron chi connectivity index (χ3n) is 6.82. The lowest BCUT2D eigenvalue weighted by molar-refractivity contribution is -0.142. The third-order valence-corrected chi connectivity index (χ3v) is 6.82. The summed E-state index contributed by atoms with van der Waals surface area (Å²) < 4.78 is 0. The molecule has 2 aliphatic heterocycles. The van der Waals surface area contributed by atoms with E-state index in [1.807, 2.05) is 6.07 Å². The fourth-order valence-electron chi connectivity index (χ4n) is 5.35. The summed E-state index contributed by atoms with van der Waals surface area (Å²) >= 11 is 0. The molecule has 1 aromatic rings. The first-order chi connectivity index (χ1) is 12.6. The lowest BCUT2D eigenvalue weighted by atomic mass is 9.71. The van der Waals surface area contributed by atoms with Crippen molar-refractivity contribution in [2.45, 2.75) is 64.0 Å². The largest absolute Gasteiger partial charge is 0.392 e. The van der Waals surface area contributed by atoms with Gasteiger partial charge in [0.25, 0.3) is 0 Å². The molecule has 0 bridgehead atoms. The van der Waals surface area contributed by atoms with Crippen molar-refractivity contribution in [3.8, 4) is 0 Å². The fraction of sp³-hybridized carbons (Fsp3) is 0.800. The Hall–Kier alpha value is -1.40. The zero-order chi connectivity index (χ0) is 18.0. The second-order valence-corrected chi connectivity index (χ2v) is 8.73. The van der Waals surface area contributed by atoms with Crippen LogP contribution in [0.15, 0.2) is 12.3 Å². The summed E-state index contributed by atoms with van der Waals surface area (Å²) in [5, 5.41) is 17.9. The van der Waals surface area contributed by atoms with Crippen LogP contribution in [0, 0.1) is 11.3 Å². The molecule has 6 nitrogen and oxygen atoms in total. The molecule has 2 saturated heterocycles. The number of aromatic nitrogens is 2. The number of carbonyl (C=O) groups is 1. The monoisotopic (exact) mass is 360 g/mol. The SMILES string of the molecule is O=C(CC1CCCC1)N1CCC[C@@]2(CN(Cc3ccn[nH]3)CC[C@H]2O)C1. The molecule has 1 saturated carbocycles. The van der Waals surface area contributed by atoms with Crippen LogP contribution < -0.4 is 0 Å². The van der Waals surface area contributed by atoms with Crippen LogP contribution in [0.2, 0.25) is 0 Å². The Bertz CT molecular complexity index is 599. The maximum absolute atomic E-state index is 12.8. The van der Waals surface area contributed by atoms with Gasteiger partial charge in [0, 0.05) is 56.5 Å². The van der Waals surface area contributed by atoms with E-state index >= 15 is 0 Å². The molecule has 0 unspecified atom stereocenters. The Morgan fingerprint density at radius 1 is 1.23 bits per heavy atom. The van der Waals surface area contributed by atoms with Gasteiger partial charge < -0.3 is 10.0 Å². The van der Waals surface area contributed by atoms with E-state index in [1.54, 1.807) is 6.20 Å². The number of aliphatic hydroxyl groups excluding tert-OH is 1. The number of amides is 1. The maximum Gasteiger partial charge on any atom is 0.222 e. The second-order valence-electron chi connectivity index (χ2n) is 8.73. The summed E-state index contributed by atoms with van der Waals surface area (Å²) in [6.07, 6.45) is 9.99. The van der Waals surface area contributed by atoms with Gasteiger partial charge in [0.05, 0.1) is 6.10 Å². The van der Waals surface area contributed by atoms with E-state index in [4.69, 9.17) is 0 Å². The van der Waals surface area contributed by atoms with Gasteiger partial charge in [-0.3, -0.25) is 14.8 Å². The molecule has 144 valence electrons. The highest BCUT2D eigenvalue weighted by atomic mass is 16.3. The Kier molecular flexibility index (Phi) is 5.32. The van der Waals surface area contributed by atoms with Gasteiger partial charge in [-0.15, -0.1) is 0 Å². The zero-order valence-corrected chi connectivity index (χ0v) is 15.7. The van der Waals surface area contributed by atoms with Gasteiger partial charge in [0.15, 0.2) is 0 Å². The van der Waals surface area contributed by atoms with Crippen LogP contribution in [0.1, 0.15) is 57.1 Å². The van der Waals surface area contributed by atoms with E-state index in [1.165, 1.54) is 25.7 Å². The molecule has 4 rings (SSSR count). The van der Waals surface area contributed by atoms with Gasteiger partial charge in [0.2, 0.25) is 5.91 Å². The van der Waals surface area contributed by atoms with Crippen molar-refractivity contribution in [1.29, 1.82) is 0 Å². The predicted molar refractivity (Wildman–Crippen MR) is 99.3 cm³/mol. The highest BCUT2D eigenvalue weighted by molar-refractivity contribution is 5.76. The molecule has 3 heterocycles. The highest BCUT2D eigenvalue weighted by Crippen LogP contribution is 2.40. The van der Waals surface area contributed by atoms with Crippen LogP contribution in [0.5, 0.6) is 0 Å². The van der Waals surface area contributed by atoms with E-state index in [2.05, 4.69) is 20.0 Å². The molecular formula is C20H32N4O2. The minimum atomic E-state index is -0.303. The topological polar surface area (TPSA) is 72.5 Å². The van der Waals surface area contributed by atoms with E-state index in [0.717, 1.165) is 57.7 Å². The van der Waals surface area contributed by atoms with Crippen LogP contribution in [0.4, 0.5) is 0 Å². The molecule has 1 aromatic heterocycles. The number of likely N-dealkylation sites (tertiary alicyclic amines) is 2. The summed E-state index contributed by atoms with van der Waals surface area (Å²) in [6.45, 7) is 4.18. The molecule has 6 heteroatoms. The first-order valence-electron chi connectivity index (χ1n) is 10.3. The van der Waals surface area contributed by atoms with Gasteiger partial charge >= 0.3 is 0 Å². The molecule has 2 N–H and O–H groups in total. The van der Waals surface area contributed by atoms with Gasteiger partial charge in [-0.05, 0) is 44.1 Å². The van der Waals surface area contributed by atoms with Crippen LogP contribution in [-0.2, 0) is 11.3 Å². The van der Waals surface area contributed by atoms with E-state index in [9.17, 15) is 9.90 Å². The number of piperidine rings is 2. The number of nitrogens with zero attached hydrogens (tertiary/aromatic N) is 3. The molecule has 1 amide bonds. The van der Waals surface area contributed by atoms with E-state index in [-0.39, 0.29) is 11.5 Å². The average molecular weight is 361 g/mol. The van der Waals surface area contributed by atoms with Crippen LogP contribution in [0.3, 0.4) is 0 Å².